The lowest BCUT2D eigenvalue weighted by atomic mass is 9.86. The van der Waals surface area contributed by atoms with E-state index in [0.717, 1.165) is 6.42 Å². The van der Waals surface area contributed by atoms with Crippen molar-refractivity contribution < 1.29 is 14.7 Å². The number of carbonyl (C=O) groups excluding carboxylic acids is 1. The zero-order valence-electron chi connectivity index (χ0n) is 12.7. The summed E-state index contributed by atoms with van der Waals surface area (Å²) >= 11 is 0. The molecule has 5 nitrogen and oxygen atoms in total. The van der Waals surface area contributed by atoms with Gasteiger partial charge in [0.2, 0.25) is 5.91 Å². The second-order valence-corrected chi connectivity index (χ2v) is 6.64. The van der Waals surface area contributed by atoms with Crippen molar-refractivity contribution in [1.29, 1.82) is 0 Å². The number of aliphatic carboxylic acids is 1. The zero-order chi connectivity index (χ0) is 15.2. The topological polar surface area (TPSA) is 92.4 Å². The summed E-state index contributed by atoms with van der Waals surface area (Å²) in [5.41, 5.74) is 5.13. The van der Waals surface area contributed by atoms with Gasteiger partial charge in [-0.3, -0.25) is 4.79 Å². The fourth-order valence-electron chi connectivity index (χ4n) is 2.06. The first kappa shape index (κ1) is 17.9. The molecule has 0 aromatic heterocycles. The van der Waals surface area contributed by atoms with Crippen molar-refractivity contribution in [2.45, 2.75) is 53.5 Å². The summed E-state index contributed by atoms with van der Waals surface area (Å²) in [4.78, 5) is 23.1. The standard InChI is InChI=1S/C14H28N2O3/c1-9(2)6-10(8-15)7-11(17)16-12(13(18)19)14(3,4)5/h9-10,12H,6-8,15H2,1-5H3,(H,16,17)(H,18,19)/t10-,12-/m0/s1. The average molecular weight is 272 g/mol. The molecule has 4 N–H and O–H groups in total. The smallest absolute Gasteiger partial charge is 0.326 e. The van der Waals surface area contributed by atoms with Crippen LogP contribution in [0.5, 0.6) is 0 Å². The van der Waals surface area contributed by atoms with Gasteiger partial charge in [0.15, 0.2) is 0 Å². The summed E-state index contributed by atoms with van der Waals surface area (Å²) in [5, 5.41) is 11.8. The van der Waals surface area contributed by atoms with Crippen LogP contribution < -0.4 is 11.1 Å². The first-order chi connectivity index (χ1) is 8.57. The highest BCUT2D eigenvalue weighted by Crippen LogP contribution is 2.20. The number of carboxylic acid groups (broad SMARTS) is 1. The molecule has 0 fully saturated rings. The third-order valence-corrected chi connectivity index (χ3v) is 3.03. The molecule has 0 saturated carbocycles. The largest absolute Gasteiger partial charge is 0.480 e. The van der Waals surface area contributed by atoms with Gasteiger partial charge in [-0.2, -0.15) is 0 Å². The predicted molar refractivity (Wildman–Crippen MR) is 75.6 cm³/mol. The van der Waals surface area contributed by atoms with E-state index in [2.05, 4.69) is 19.2 Å². The number of hydrogen-bond acceptors (Lipinski definition) is 3. The number of rotatable bonds is 7. The Kier molecular flexibility index (Phi) is 7.05. The van der Waals surface area contributed by atoms with Crippen LogP contribution >= 0.6 is 0 Å². The number of nitrogens with two attached hydrogens (primary N) is 1. The average Bonchev–Trinajstić information content (AvgIpc) is 2.22. The van der Waals surface area contributed by atoms with E-state index in [1.807, 2.05) is 0 Å². The maximum Gasteiger partial charge on any atom is 0.326 e. The maximum atomic E-state index is 11.9. The molecular formula is C14H28N2O3. The van der Waals surface area contributed by atoms with Crippen molar-refractivity contribution >= 4 is 11.9 Å². The normalized spacial score (nSPS) is 15.1. The monoisotopic (exact) mass is 272 g/mol. The Morgan fingerprint density at radius 3 is 2.11 bits per heavy atom. The van der Waals surface area contributed by atoms with Gasteiger partial charge >= 0.3 is 5.97 Å². The van der Waals surface area contributed by atoms with Crippen LogP contribution in [0.25, 0.3) is 0 Å². The number of carbonyl (C=O) groups is 2. The molecule has 0 saturated heterocycles. The Morgan fingerprint density at radius 2 is 1.79 bits per heavy atom. The summed E-state index contributed by atoms with van der Waals surface area (Å²) < 4.78 is 0. The minimum absolute atomic E-state index is 0.106. The van der Waals surface area contributed by atoms with E-state index in [9.17, 15) is 9.59 Å². The third kappa shape index (κ3) is 7.15. The highest BCUT2D eigenvalue weighted by atomic mass is 16.4. The second kappa shape index (κ2) is 7.48. The molecule has 0 heterocycles. The zero-order valence-corrected chi connectivity index (χ0v) is 12.7. The molecule has 0 rings (SSSR count). The molecule has 0 radical (unpaired) electrons. The van der Waals surface area contributed by atoms with Crippen molar-refractivity contribution in [1.82, 2.24) is 5.32 Å². The number of nitrogens with one attached hydrogen (secondary N) is 1. The molecule has 112 valence electrons. The maximum absolute atomic E-state index is 11.9. The van der Waals surface area contributed by atoms with Gasteiger partial charge in [0.1, 0.15) is 6.04 Å². The lowest BCUT2D eigenvalue weighted by Crippen LogP contribution is -2.49. The molecular weight excluding hydrogens is 244 g/mol. The van der Waals surface area contributed by atoms with E-state index >= 15 is 0 Å². The molecule has 0 unspecified atom stereocenters. The first-order valence-electron chi connectivity index (χ1n) is 6.80. The van der Waals surface area contributed by atoms with E-state index < -0.39 is 17.4 Å². The van der Waals surface area contributed by atoms with Gasteiger partial charge in [-0.1, -0.05) is 34.6 Å². The highest BCUT2D eigenvalue weighted by molar-refractivity contribution is 5.84. The molecule has 0 spiro atoms. The van der Waals surface area contributed by atoms with Gasteiger partial charge in [0.05, 0.1) is 0 Å². The SMILES string of the molecule is CC(C)C[C@H](CN)CC(=O)N[C@@H](C(=O)O)C(C)(C)C. The lowest BCUT2D eigenvalue weighted by molar-refractivity contribution is -0.145. The highest BCUT2D eigenvalue weighted by Gasteiger charge is 2.32. The molecule has 0 aromatic rings. The molecule has 5 heteroatoms. The van der Waals surface area contributed by atoms with Crippen LogP contribution in [0.2, 0.25) is 0 Å². The predicted octanol–water partition coefficient (Wildman–Crippen LogP) is 1.61. The number of hydrogen-bond donors (Lipinski definition) is 3. The van der Waals surface area contributed by atoms with Crippen LogP contribution in [-0.2, 0) is 9.59 Å². The minimum Gasteiger partial charge on any atom is -0.480 e. The van der Waals surface area contributed by atoms with E-state index in [-0.39, 0.29) is 18.2 Å². The Hall–Kier alpha value is -1.10. The first-order valence-corrected chi connectivity index (χ1v) is 6.80. The fourth-order valence-corrected chi connectivity index (χ4v) is 2.06. The molecule has 0 aromatic carbocycles. The third-order valence-electron chi connectivity index (χ3n) is 3.03. The molecule has 0 aliphatic heterocycles. The van der Waals surface area contributed by atoms with Gasteiger partial charge in [-0.15, -0.1) is 0 Å². The van der Waals surface area contributed by atoms with Crippen molar-refractivity contribution in [3.63, 3.8) is 0 Å². The molecule has 19 heavy (non-hydrogen) atoms. The molecule has 1 amide bonds. The van der Waals surface area contributed by atoms with Crippen molar-refractivity contribution in [3.05, 3.63) is 0 Å². The van der Waals surface area contributed by atoms with Crippen molar-refractivity contribution in [2.24, 2.45) is 23.0 Å². The minimum atomic E-state index is -1.01. The molecule has 0 bridgehead atoms. The van der Waals surface area contributed by atoms with Gasteiger partial charge < -0.3 is 16.2 Å². The number of carboxylic acids is 1. The van der Waals surface area contributed by atoms with Gasteiger partial charge in [0, 0.05) is 6.42 Å². The van der Waals surface area contributed by atoms with Gasteiger partial charge in [0.25, 0.3) is 0 Å². The molecule has 2 atom stereocenters. The van der Waals surface area contributed by atoms with Gasteiger partial charge in [-0.05, 0) is 30.2 Å². The van der Waals surface area contributed by atoms with Crippen LogP contribution in [0.1, 0.15) is 47.5 Å². The summed E-state index contributed by atoms with van der Waals surface area (Å²) in [5.74, 6) is -0.666. The fraction of sp³-hybridized carbons (Fsp3) is 0.857. The Bertz CT molecular complexity index is 308. The second-order valence-electron chi connectivity index (χ2n) is 6.64. The van der Waals surface area contributed by atoms with E-state index in [1.54, 1.807) is 20.8 Å². The summed E-state index contributed by atoms with van der Waals surface area (Å²) in [6, 6.07) is -0.877. The van der Waals surface area contributed by atoms with Crippen LogP contribution in [-0.4, -0.2) is 29.6 Å². The molecule has 0 aliphatic carbocycles. The van der Waals surface area contributed by atoms with E-state index in [1.165, 1.54) is 0 Å². The van der Waals surface area contributed by atoms with Crippen molar-refractivity contribution in [2.75, 3.05) is 6.54 Å². The summed E-state index contributed by atoms with van der Waals surface area (Å²) in [6.07, 6.45) is 1.16. The Labute approximate surface area is 115 Å². The number of amides is 1. The lowest BCUT2D eigenvalue weighted by Gasteiger charge is -2.28. The quantitative estimate of drug-likeness (QED) is 0.656. The van der Waals surface area contributed by atoms with Crippen LogP contribution in [0.4, 0.5) is 0 Å². The van der Waals surface area contributed by atoms with Crippen LogP contribution in [0.3, 0.4) is 0 Å². The Morgan fingerprint density at radius 1 is 1.26 bits per heavy atom. The van der Waals surface area contributed by atoms with Crippen LogP contribution in [0, 0.1) is 17.3 Å². The molecule has 0 aliphatic rings. The van der Waals surface area contributed by atoms with Gasteiger partial charge in [-0.25, -0.2) is 4.79 Å². The summed E-state index contributed by atoms with van der Waals surface area (Å²) in [6.45, 7) is 9.98. The van der Waals surface area contributed by atoms with Crippen LogP contribution in [0.15, 0.2) is 0 Å². The van der Waals surface area contributed by atoms with E-state index in [0.29, 0.717) is 12.5 Å². The summed E-state index contributed by atoms with van der Waals surface area (Å²) in [7, 11) is 0. The van der Waals surface area contributed by atoms with E-state index in [4.69, 9.17) is 10.8 Å². The van der Waals surface area contributed by atoms with Crippen molar-refractivity contribution in [3.8, 4) is 0 Å². The Balaban J connectivity index is 4.53.